The number of carboxylic acids is 1. The van der Waals surface area contributed by atoms with E-state index in [4.69, 9.17) is 9.84 Å². The monoisotopic (exact) mass is 208 g/mol. The van der Waals surface area contributed by atoms with Crippen LogP contribution in [0, 0.1) is 13.8 Å². The fourth-order valence-electron chi connectivity index (χ4n) is 1.52. The summed E-state index contributed by atoms with van der Waals surface area (Å²) in [4.78, 5) is 10.5. The summed E-state index contributed by atoms with van der Waals surface area (Å²) in [6.07, 6.45) is -0.281. The Morgan fingerprint density at radius 3 is 2.33 bits per heavy atom. The molecule has 0 aliphatic carbocycles. The number of hydrogen-bond acceptors (Lipinski definition) is 2. The van der Waals surface area contributed by atoms with E-state index in [9.17, 15) is 4.79 Å². The molecule has 0 heterocycles. The maximum absolute atomic E-state index is 10.5. The fourth-order valence-corrected chi connectivity index (χ4v) is 1.52. The van der Waals surface area contributed by atoms with E-state index in [1.165, 1.54) is 0 Å². The second kappa shape index (κ2) is 4.82. The minimum Gasteiger partial charge on any atom is -0.490 e. The molecular weight excluding hydrogens is 192 g/mol. The number of aryl methyl sites for hydroxylation is 2. The van der Waals surface area contributed by atoms with Crippen LogP contribution in [0.15, 0.2) is 18.2 Å². The molecule has 3 nitrogen and oxygen atoms in total. The summed E-state index contributed by atoms with van der Waals surface area (Å²) in [5.41, 5.74) is 2.24. The number of rotatable bonds is 4. The predicted molar refractivity (Wildman–Crippen MR) is 58.3 cm³/mol. The third-order valence-electron chi connectivity index (χ3n) is 1.99. The predicted octanol–water partition coefficient (Wildman–Crippen LogP) is 2.55. The molecule has 0 unspecified atom stereocenters. The van der Waals surface area contributed by atoms with Crippen LogP contribution in [-0.2, 0) is 4.79 Å². The summed E-state index contributed by atoms with van der Waals surface area (Å²) in [5, 5.41) is 8.59. The maximum atomic E-state index is 10.5. The Hall–Kier alpha value is -1.51. The highest BCUT2D eigenvalue weighted by molar-refractivity contribution is 5.67. The van der Waals surface area contributed by atoms with E-state index in [2.05, 4.69) is 6.07 Å². The van der Waals surface area contributed by atoms with E-state index < -0.39 is 5.97 Å². The molecule has 82 valence electrons. The van der Waals surface area contributed by atoms with E-state index in [1.807, 2.05) is 26.0 Å². The molecule has 0 saturated carbocycles. The smallest absolute Gasteiger partial charge is 0.307 e. The van der Waals surface area contributed by atoms with Crippen molar-refractivity contribution in [2.45, 2.75) is 33.3 Å². The lowest BCUT2D eigenvalue weighted by Crippen LogP contribution is -2.16. The molecule has 1 rings (SSSR count). The zero-order valence-corrected chi connectivity index (χ0v) is 9.28. The van der Waals surface area contributed by atoms with Gasteiger partial charge in [0.05, 0.1) is 6.42 Å². The van der Waals surface area contributed by atoms with Gasteiger partial charge in [-0.15, -0.1) is 0 Å². The SMILES string of the molecule is Cc1cc(C)cc(O[C@@H](C)CC(=O)O)c1. The summed E-state index contributed by atoms with van der Waals surface area (Å²) in [7, 11) is 0. The normalized spacial score (nSPS) is 12.2. The van der Waals surface area contributed by atoms with Crippen molar-refractivity contribution >= 4 is 5.97 Å². The van der Waals surface area contributed by atoms with Gasteiger partial charge in [-0.1, -0.05) is 6.07 Å². The van der Waals surface area contributed by atoms with Crippen LogP contribution in [0.25, 0.3) is 0 Å². The Kier molecular flexibility index (Phi) is 3.72. The lowest BCUT2D eigenvalue weighted by molar-refractivity contribution is -0.138. The van der Waals surface area contributed by atoms with Gasteiger partial charge in [-0.05, 0) is 44.0 Å². The third-order valence-corrected chi connectivity index (χ3v) is 1.99. The fraction of sp³-hybridized carbons (Fsp3) is 0.417. The van der Waals surface area contributed by atoms with Crippen molar-refractivity contribution in [3.63, 3.8) is 0 Å². The molecule has 1 atom stereocenters. The first kappa shape index (κ1) is 11.6. The first-order valence-corrected chi connectivity index (χ1v) is 4.94. The van der Waals surface area contributed by atoms with Gasteiger partial charge in [0.1, 0.15) is 11.9 Å². The van der Waals surface area contributed by atoms with E-state index in [0.717, 1.165) is 16.9 Å². The molecule has 0 bridgehead atoms. The zero-order valence-electron chi connectivity index (χ0n) is 9.28. The van der Waals surface area contributed by atoms with Crippen molar-refractivity contribution in [1.82, 2.24) is 0 Å². The van der Waals surface area contributed by atoms with Crippen LogP contribution in [-0.4, -0.2) is 17.2 Å². The Morgan fingerprint density at radius 1 is 1.33 bits per heavy atom. The second-order valence-electron chi connectivity index (χ2n) is 3.85. The van der Waals surface area contributed by atoms with Gasteiger partial charge < -0.3 is 9.84 Å². The Bertz CT molecular complexity index is 338. The van der Waals surface area contributed by atoms with Crippen molar-refractivity contribution in [1.29, 1.82) is 0 Å². The van der Waals surface area contributed by atoms with Gasteiger partial charge in [-0.25, -0.2) is 0 Å². The van der Waals surface area contributed by atoms with Crippen LogP contribution in [0.2, 0.25) is 0 Å². The van der Waals surface area contributed by atoms with Crippen LogP contribution in [0.1, 0.15) is 24.5 Å². The highest BCUT2D eigenvalue weighted by atomic mass is 16.5. The first-order valence-electron chi connectivity index (χ1n) is 4.94. The second-order valence-corrected chi connectivity index (χ2v) is 3.85. The molecule has 3 heteroatoms. The van der Waals surface area contributed by atoms with Crippen LogP contribution >= 0.6 is 0 Å². The largest absolute Gasteiger partial charge is 0.490 e. The van der Waals surface area contributed by atoms with Crippen LogP contribution in [0.3, 0.4) is 0 Å². The summed E-state index contributed by atoms with van der Waals surface area (Å²) in [6, 6.07) is 5.87. The lowest BCUT2D eigenvalue weighted by Gasteiger charge is -2.13. The van der Waals surface area contributed by atoms with Gasteiger partial charge in [-0.2, -0.15) is 0 Å². The van der Waals surface area contributed by atoms with E-state index >= 15 is 0 Å². The molecule has 0 aromatic heterocycles. The van der Waals surface area contributed by atoms with E-state index in [-0.39, 0.29) is 12.5 Å². The summed E-state index contributed by atoms with van der Waals surface area (Å²) >= 11 is 0. The Balaban J connectivity index is 2.67. The third kappa shape index (κ3) is 4.02. The maximum Gasteiger partial charge on any atom is 0.307 e. The molecule has 1 aromatic carbocycles. The quantitative estimate of drug-likeness (QED) is 0.827. The zero-order chi connectivity index (χ0) is 11.4. The van der Waals surface area contributed by atoms with Gasteiger partial charge in [0.25, 0.3) is 0 Å². The molecule has 0 saturated heterocycles. The van der Waals surface area contributed by atoms with Crippen molar-refractivity contribution < 1.29 is 14.6 Å². The number of benzene rings is 1. The minimum absolute atomic E-state index is 0.0208. The Labute approximate surface area is 89.7 Å². The average Bonchev–Trinajstić information content (AvgIpc) is 1.98. The van der Waals surface area contributed by atoms with E-state index in [0.29, 0.717) is 0 Å². The summed E-state index contributed by atoms with van der Waals surface area (Å²) in [6.45, 7) is 5.73. The standard InChI is InChI=1S/C12H16O3/c1-8-4-9(2)6-11(5-8)15-10(3)7-12(13)14/h4-6,10H,7H2,1-3H3,(H,13,14)/t10-/m0/s1. The van der Waals surface area contributed by atoms with Crippen LogP contribution in [0.5, 0.6) is 5.75 Å². The van der Waals surface area contributed by atoms with Gasteiger partial charge in [0, 0.05) is 0 Å². The molecule has 0 aliphatic heterocycles. The number of hydrogen-bond donors (Lipinski definition) is 1. The number of carbonyl (C=O) groups is 1. The van der Waals surface area contributed by atoms with E-state index in [1.54, 1.807) is 6.92 Å². The number of ether oxygens (including phenoxy) is 1. The first-order chi connectivity index (χ1) is 6.97. The molecule has 0 amide bonds. The highest BCUT2D eigenvalue weighted by Crippen LogP contribution is 2.18. The minimum atomic E-state index is -0.841. The van der Waals surface area contributed by atoms with Crippen molar-refractivity contribution in [3.8, 4) is 5.75 Å². The van der Waals surface area contributed by atoms with Crippen LogP contribution in [0.4, 0.5) is 0 Å². The highest BCUT2D eigenvalue weighted by Gasteiger charge is 2.09. The molecule has 0 aliphatic rings. The van der Waals surface area contributed by atoms with Crippen molar-refractivity contribution in [2.75, 3.05) is 0 Å². The van der Waals surface area contributed by atoms with Gasteiger partial charge >= 0.3 is 5.97 Å². The number of carboxylic acid groups (broad SMARTS) is 1. The molecule has 15 heavy (non-hydrogen) atoms. The topological polar surface area (TPSA) is 46.5 Å². The Morgan fingerprint density at radius 2 is 1.87 bits per heavy atom. The number of aliphatic carboxylic acids is 1. The van der Waals surface area contributed by atoms with Gasteiger partial charge in [0.15, 0.2) is 0 Å². The van der Waals surface area contributed by atoms with Gasteiger partial charge in [0.2, 0.25) is 0 Å². The molecular formula is C12H16O3. The molecule has 1 N–H and O–H groups in total. The lowest BCUT2D eigenvalue weighted by atomic mass is 10.1. The molecule has 0 radical (unpaired) electrons. The van der Waals surface area contributed by atoms with Gasteiger partial charge in [-0.3, -0.25) is 4.79 Å². The molecule has 0 spiro atoms. The average molecular weight is 208 g/mol. The molecule has 0 fully saturated rings. The summed E-state index contributed by atoms with van der Waals surface area (Å²) < 4.78 is 5.51. The summed E-state index contributed by atoms with van der Waals surface area (Å²) in [5.74, 6) is -0.104. The van der Waals surface area contributed by atoms with Crippen molar-refractivity contribution in [3.05, 3.63) is 29.3 Å². The molecule has 1 aromatic rings. The van der Waals surface area contributed by atoms with Crippen molar-refractivity contribution in [2.24, 2.45) is 0 Å². The van der Waals surface area contributed by atoms with Crippen LogP contribution < -0.4 is 4.74 Å².